The summed E-state index contributed by atoms with van der Waals surface area (Å²) in [4.78, 5) is 12.0. The Morgan fingerprint density at radius 1 is 1.41 bits per heavy atom. The van der Waals surface area contributed by atoms with Gasteiger partial charge >= 0.3 is 0 Å². The zero-order chi connectivity index (χ0) is 12.6. The van der Waals surface area contributed by atoms with Gasteiger partial charge in [0.2, 0.25) is 10.1 Å². The largest absolute Gasteiger partial charge is 0.410 e. The van der Waals surface area contributed by atoms with E-state index in [4.69, 9.17) is 33.1 Å². The van der Waals surface area contributed by atoms with Gasteiger partial charge in [0.15, 0.2) is 5.71 Å². The number of methoxy groups -OCH3 is 1. The van der Waals surface area contributed by atoms with Crippen molar-refractivity contribution >= 4 is 34.7 Å². The van der Waals surface area contributed by atoms with Crippen molar-refractivity contribution in [3.05, 3.63) is 35.4 Å². The van der Waals surface area contributed by atoms with Gasteiger partial charge in [-0.1, -0.05) is 52.6 Å². The zero-order valence-corrected chi connectivity index (χ0v) is 10.4. The van der Waals surface area contributed by atoms with E-state index in [0.29, 0.717) is 11.1 Å². The van der Waals surface area contributed by atoms with Gasteiger partial charge in [-0.25, -0.2) is 0 Å². The maximum Gasteiger partial charge on any atom is 0.224 e. The number of carbonyl (C=O) groups is 1. The average molecular weight is 274 g/mol. The number of rotatable bonds is 1. The molecule has 0 radical (unpaired) electrons. The van der Waals surface area contributed by atoms with E-state index in [1.165, 1.54) is 7.11 Å². The second-order valence-electron chi connectivity index (χ2n) is 3.60. The second kappa shape index (κ2) is 4.29. The van der Waals surface area contributed by atoms with Crippen molar-refractivity contribution in [3.8, 4) is 0 Å². The van der Waals surface area contributed by atoms with Crippen molar-refractivity contribution in [2.45, 2.75) is 10.4 Å². The van der Waals surface area contributed by atoms with Gasteiger partial charge in [-0.3, -0.25) is 4.79 Å². The first kappa shape index (κ1) is 12.4. The summed E-state index contributed by atoms with van der Waals surface area (Å²) in [5, 5.41) is 11.9. The fourth-order valence-corrected chi connectivity index (χ4v) is 2.50. The lowest BCUT2D eigenvalue weighted by Gasteiger charge is -2.33. The Kier molecular flexibility index (Phi) is 3.12. The molecule has 2 rings (SSSR count). The quantitative estimate of drug-likeness (QED) is 0.485. The number of hydrogen-bond donors (Lipinski definition) is 1. The molecule has 0 saturated heterocycles. The van der Waals surface area contributed by atoms with Crippen LogP contribution in [0.4, 0.5) is 0 Å². The fourth-order valence-electron chi connectivity index (χ4n) is 1.91. The van der Waals surface area contributed by atoms with E-state index in [1.54, 1.807) is 24.3 Å². The van der Waals surface area contributed by atoms with Gasteiger partial charge in [0.1, 0.15) is 6.10 Å². The Morgan fingerprint density at radius 2 is 2.06 bits per heavy atom. The summed E-state index contributed by atoms with van der Waals surface area (Å²) >= 11 is 12.0. The number of hydrogen-bond acceptors (Lipinski definition) is 4. The Labute approximate surface area is 108 Å². The minimum atomic E-state index is -1.79. The molecule has 1 atom stereocenters. The van der Waals surface area contributed by atoms with Crippen LogP contribution in [0.25, 0.3) is 0 Å². The molecule has 1 unspecified atom stereocenters. The molecule has 1 aromatic carbocycles. The first-order valence-electron chi connectivity index (χ1n) is 4.80. The molecule has 6 heteroatoms. The molecule has 0 saturated carbocycles. The molecular formula is C11H9Cl2NO3. The van der Waals surface area contributed by atoms with Crippen molar-refractivity contribution in [1.82, 2.24) is 0 Å². The first-order chi connectivity index (χ1) is 8.04. The molecule has 17 heavy (non-hydrogen) atoms. The van der Waals surface area contributed by atoms with Crippen LogP contribution in [0.15, 0.2) is 29.4 Å². The van der Waals surface area contributed by atoms with Crippen LogP contribution < -0.4 is 0 Å². The third-order valence-corrected chi connectivity index (χ3v) is 3.42. The predicted octanol–water partition coefficient (Wildman–Crippen LogP) is 2.31. The smallest absolute Gasteiger partial charge is 0.224 e. The monoisotopic (exact) mass is 273 g/mol. The molecule has 0 bridgehead atoms. The molecule has 1 aromatic rings. The first-order valence-corrected chi connectivity index (χ1v) is 5.56. The average Bonchev–Trinajstić information content (AvgIpc) is 2.31. The minimum absolute atomic E-state index is 0.154. The lowest BCUT2D eigenvalue weighted by atomic mass is 9.86. The van der Waals surface area contributed by atoms with E-state index in [1.807, 2.05) is 0 Å². The second-order valence-corrected chi connectivity index (χ2v) is 4.99. The molecule has 0 fully saturated rings. The number of ketones is 1. The highest BCUT2D eigenvalue weighted by atomic mass is 35.5. The lowest BCUT2D eigenvalue weighted by molar-refractivity contribution is -0.116. The molecule has 0 aliphatic heterocycles. The van der Waals surface area contributed by atoms with Crippen LogP contribution in [0.5, 0.6) is 0 Å². The van der Waals surface area contributed by atoms with Crippen LogP contribution in [-0.2, 0) is 9.53 Å². The number of ether oxygens (including phenoxy) is 1. The van der Waals surface area contributed by atoms with Crippen LogP contribution >= 0.6 is 23.2 Å². The van der Waals surface area contributed by atoms with Crippen molar-refractivity contribution in [1.29, 1.82) is 0 Å². The molecule has 1 N–H and O–H groups in total. The molecule has 1 aliphatic rings. The van der Waals surface area contributed by atoms with E-state index >= 15 is 0 Å². The van der Waals surface area contributed by atoms with Crippen LogP contribution in [0.2, 0.25) is 0 Å². The molecule has 4 nitrogen and oxygen atoms in total. The Bertz CT molecular complexity index is 499. The number of carbonyl (C=O) groups excluding carboxylic acids is 1. The molecule has 0 aromatic heterocycles. The van der Waals surface area contributed by atoms with Gasteiger partial charge in [-0.05, 0) is 5.56 Å². The zero-order valence-electron chi connectivity index (χ0n) is 8.85. The Morgan fingerprint density at radius 3 is 2.65 bits per heavy atom. The van der Waals surface area contributed by atoms with Gasteiger partial charge in [0.05, 0.1) is 0 Å². The maximum absolute atomic E-state index is 12.0. The van der Waals surface area contributed by atoms with Crippen molar-refractivity contribution in [2.75, 3.05) is 7.11 Å². The number of halogens is 2. The molecule has 1 aliphatic carbocycles. The molecule has 0 spiro atoms. The predicted molar refractivity (Wildman–Crippen MR) is 64.0 cm³/mol. The van der Waals surface area contributed by atoms with Crippen molar-refractivity contribution in [3.63, 3.8) is 0 Å². The number of nitrogens with zero attached hydrogens (tertiary/aromatic N) is 1. The lowest BCUT2D eigenvalue weighted by Crippen LogP contribution is -2.44. The van der Waals surface area contributed by atoms with Gasteiger partial charge < -0.3 is 9.94 Å². The third-order valence-electron chi connectivity index (χ3n) is 2.68. The normalized spacial score (nSPS) is 24.8. The highest BCUT2D eigenvalue weighted by Crippen LogP contribution is 2.44. The summed E-state index contributed by atoms with van der Waals surface area (Å²) < 4.78 is 3.39. The topological polar surface area (TPSA) is 58.9 Å². The van der Waals surface area contributed by atoms with Crippen LogP contribution in [0.3, 0.4) is 0 Å². The van der Waals surface area contributed by atoms with Crippen LogP contribution in [0.1, 0.15) is 17.2 Å². The van der Waals surface area contributed by atoms with Crippen LogP contribution in [-0.4, -0.2) is 28.1 Å². The maximum atomic E-state index is 12.0. The Hall–Kier alpha value is -1.10. The number of benzene rings is 1. The molecular weight excluding hydrogens is 265 g/mol. The van der Waals surface area contributed by atoms with E-state index < -0.39 is 16.2 Å². The summed E-state index contributed by atoms with van der Waals surface area (Å²) in [6.07, 6.45) is -0.792. The highest BCUT2D eigenvalue weighted by molar-refractivity contribution is 6.71. The number of Topliss-reactive ketones (excluding diaryl/α,β-unsaturated/α-hetero) is 1. The van der Waals surface area contributed by atoms with Gasteiger partial charge in [0.25, 0.3) is 0 Å². The standard InChI is InChI=1S/C11H9Cl2NO3/c1-17-10-7-5-3-2-4-6(7)8(14-16)9(15)11(10,12)13/h2-5,10,16H,1H3/b14-8+. The number of oxime groups is 1. The summed E-state index contributed by atoms with van der Waals surface area (Å²) in [6.45, 7) is 0. The molecule has 0 amide bonds. The molecule has 0 heterocycles. The van der Waals surface area contributed by atoms with E-state index in [2.05, 4.69) is 5.16 Å². The van der Waals surface area contributed by atoms with Crippen molar-refractivity contribution in [2.24, 2.45) is 5.16 Å². The summed E-state index contributed by atoms with van der Waals surface area (Å²) in [5.74, 6) is -0.672. The third kappa shape index (κ3) is 1.73. The minimum Gasteiger partial charge on any atom is -0.410 e. The van der Waals surface area contributed by atoms with E-state index in [0.717, 1.165) is 0 Å². The number of fused-ring (bicyclic) bond motifs is 1. The van der Waals surface area contributed by atoms with Gasteiger partial charge in [-0.2, -0.15) is 0 Å². The Balaban J connectivity index is 2.71. The van der Waals surface area contributed by atoms with Crippen molar-refractivity contribution < 1.29 is 14.7 Å². The van der Waals surface area contributed by atoms with Crippen LogP contribution in [0, 0.1) is 0 Å². The summed E-state index contributed by atoms with van der Waals surface area (Å²) in [6, 6.07) is 6.86. The highest BCUT2D eigenvalue weighted by Gasteiger charge is 2.51. The van der Waals surface area contributed by atoms with E-state index in [-0.39, 0.29) is 5.71 Å². The summed E-state index contributed by atoms with van der Waals surface area (Å²) in [7, 11) is 1.41. The number of alkyl halides is 2. The fraction of sp³-hybridized carbons (Fsp3) is 0.273. The summed E-state index contributed by atoms with van der Waals surface area (Å²) in [5.41, 5.74) is 0.940. The van der Waals surface area contributed by atoms with Gasteiger partial charge in [-0.15, -0.1) is 0 Å². The van der Waals surface area contributed by atoms with Gasteiger partial charge in [0, 0.05) is 12.7 Å². The SMILES string of the molecule is COC1c2ccccc2/C(=N\O)C(=O)C1(Cl)Cl. The molecule has 90 valence electrons. The van der Waals surface area contributed by atoms with E-state index in [9.17, 15) is 4.79 Å².